The summed E-state index contributed by atoms with van der Waals surface area (Å²) in [5.74, 6) is -1.38. The third-order valence-corrected chi connectivity index (χ3v) is 3.72. The molecule has 0 heterocycles. The second kappa shape index (κ2) is 6.99. The van der Waals surface area contributed by atoms with Crippen LogP contribution in [0.25, 0.3) is 11.1 Å². The monoisotopic (exact) mass is 377 g/mol. The van der Waals surface area contributed by atoms with Crippen LogP contribution in [-0.2, 0) is 23.6 Å². The normalized spacial score (nSPS) is 13.5. The maximum absolute atomic E-state index is 13.3. The first-order valence-corrected chi connectivity index (χ1v) is 7.26. The second-order valence-corrected chi connectivity index (χ2v) is 5.56. The summed E-state index contributed by atoms with van der Waals surface area (Å²) in [6.07, 6.45) is -10.0. The molecule has 2 aromatic rings. The summed E-state index contributed by atoms with van der Waals surface area (Å²) in [5.41, 5.74) is 2.20. The zero-order chi connectivity index (χ0) is 19.7. The van der Waals surface area contributed by atoms with Gasteiger partial charge in [0, 0.05) is 0 Å². The van der Waals surface area contributed by atoms with E-state index in [-0.39, 0.29) is 17.5 Å². The Morgan fingerprint density at radius 3 is 2.12 bits per heavy atom. The van der Waals surface area contributed by atoms with E-state index in [4.69, 9.17) is 10.8 Å². The SMILES string of the molecule is NC(Cc1ccccc1-c1cc(C(F)(F)F)ccc1C(F)(F)F)C(=O)O. The van der Waals surface area contributed by atoms with Crippen LogP contribution in [0.2, 0.25) is 0 Å². The van der Waals surface area contributed by atoms with Crippen molar-refractivity contribution in [2.24, 2.45) is 5.73 Å². The topological polar surface area (TPSA) is 63.3 Å². The maximum Gasteiger partial charge on any atom is 0.417 e. The Hall–Kier alpha value is -2.55. The summed E-state index contributed by atoms with van der Waals surface area (Å²) in [6.45, 7) is 0. The molecule has 0 aromatic heterocycles. The molecule has 1 unspecified atom stereocenters. The molecular weight excluding hydrogens is 364 g/mol. The Morgan fingerprint density at radius 1 is 0.962 bits per heavy atom. The molecule has 2 aromatic carbocycles. The van der Waals surface area contributed by atoms with Gasteiger partial charge in [0.1, 0.15) is 6.04 Å². The van der Waals surface area contributed by atoms with Crippen LogP contribution in [0.5, 0.6) is 0 Å². The molecule has 3 nitrogen and oxygen atoms in total. The molecule has 0 bridgehead atoms. The molecule has 0 aliphatic carbocycles. The lowest BCUT2D eigenvalue weighted by molar-refractivity contribution is -0.141. The van der Waals surface area contributed by atoms with Crippen LogP contribution >= 0.6 is 0 Å². The number of alkyl halides is 6. The fourth-order valence-electron chi connectivity index (χ4n) is 2.48. The van der Waals surface area contributed by atoms with Crippen LogP contribution in [0, 0.1) is 0 Å². The summed E-state index contributed by atoms with van der Waals surface area (Å²) >= 11 is 0. The first-order chi connectivity index (χ1) is 11.9. The van der Waals surface area contributed by atoms with Crippen molar-refractivity contribution in [3.8, 4) is 11.1 Å². The maximum atomic E-state index is 13.3. The number of benzene rings is 2. The molecule has 9 heteroatoms. The Bertz CT molecular complexity index is 814. The van der Waals surface area contributed by atoms with E-state index < -0.39 is 41.1 Å². The minimum Gasteiger partial charge on any atom is -0.480 e. The van der Waals surface area contributed by atoms with Gasteiger partial charge < -0.3 is 10.8 Å². The van der Waals surface area contributed by atoms with Gasteiger partial charge in [-0.05, 0) is 41.3 Å². The molecule has 140 valence electrons. The van der Waals surface area contributed by atoms with Crippen molar-refractivity contribution in [2.45, 2.75) is 24.8 Å². The predicted molar refractivity (Wildman–Crippen MR) is 81.2 cm³/mol. The number of carboxylic acids is 1. The van der Waals surface area contributed by atoms with Crippen LogP contribution in [-0.4, -0.2) is 17.1 Å². The molecule has 3 N–H and O–H groups in total. The zero-order valence-corrected chi connectivity index (χ0v) is 13.0. The smallest absolute Gasteiger partial charge is 0.417 e. The summed E-state index contributed by atoms with van der Waals surface area (Å²) < 4.78 is 78.7. The molecule has 26 heavy (non-hydrogen) atoms. The number of hydrogen-bond donors (Lipinski definition) is 2. The third-order valence-electron chi connectivity index (χ3n) is 3.72. The second-order valence-electron chi connectivity index (χ2n) is 5.56. The average molecular weight is 377 g/mol. The molecule has 0 amide bonds. The summed E-state index contributed by atoms with van der Waals surface area (Å²) in [6, 6.07) is 5.06. The van der Waals surface area contributed by atoms with E-state index in [1.54, 1.807) is 0 Å². The van der Waals surface area contributed by atoms with Gasteiger partial charge in [0.25, 0.3) is 0 Å². The number of halogens is 6. The van der Waals surface area contributed by atoms with Crippen LogP contribution in [0.3, 0.4) is 0 Å². The van der Waals surface area contributed by atoms with Crippen molar-refractivity contribution < 1.29 is 36.2 Å². The molecule has 2 rings (SSSR count). The molecule has 0 spiro atoms. The van der Waals surface area contributed by atoms with Crippen molar-refractivity contribution in [1.82, 2.24) is 0 Å². The fourth-order valence-corrected chi connectivity index (χ4v) is 2.48. The molecular formula is C17H13F6NO2. The third kappa shape index (κ3) is 4.34. The number of aliphatic carboxylic acids is 1. The molecule has 0 aliphatic rings. The molecule has 0 radical (unpaired) electrons. The van der Waals surface area contributed by atoms with Crippen molar-refractivity contribution >= 4 is 5.97 Å². The largest absolute Gasteiger partial charge is 0.480 e. The van der Waals surface area contributed by atoms with Gasteiger partial charge in [-0.15, -0.1) is 0 Å². The van der Waals surface area contributed by atoms with Crippen molar-refractivity contribution in [3.05, 3.63) is 59.2 Å². The summed E-state index contributed by atoms with van der Waals surface area (Å²) in [5, 5.41) is 8.89. The number of rotatable bonds is 4. The van der Waals surface area contributed by atoms with Crippen LogP contribution in [0.15, 0.2) is 42.5 Å². The molecule has 1 atom stereocenters. The van der Waals surface area contributed by atoms with Crippen molar-refractivity contribution in [2.75, 3.05) is 0 Å². The van der Waals surface area contributed by atoms with Gasteiger partial charge in [0.2, 0.25) is 0 Å². The van der Waals surface area contributed by atoms with E-state index in [1.165, 1.54) is 24.3 Å². The summed E-state index contributed by atoms with van der Waals surface area (Å²) in [7, 11) is 0. The standard InChI is InChI=1S/C17H13F6NO2/c18-16(19,20)10-5-6-13(17(21,22)23)12(8-10)11-4-2-1-3-9(11)7-14(24)15(25)26/h1-6,8,14H,7,24H2,(H,25,26). The van der Waals surface area contributed by atoms with Gasteiger partial charge in [-0.2, -0.15) is 26.3 Å². The lowest BCUT2D eigenvalue weighted by Gasteiger charge is -2.19. The molecule has 0 aliphatic heterocycles. The highest BCUT2D eigenvalue weighted by Gasteiger charge is 2.37. The number of hydrogen-bond acceptors (Lipinski definition) is 2. The Morgan fingerprint density at radius 2 is 1.58 bits per heavy atom. The van der Waals surface area contributed by atoms with Gasteiger partial charge in [0.05, 0.1) is 11.1 Å². The van der Waals surface area contributed by atoms with Crippen LogP contribution in [0.1, 0.15) is 16.7 Å². The fraction of sp³-hybridized carbons (Fsp3) is 0.235. The first kappa shape index (κ1) is 19.8. The average Bonchev–Trinajstić information content (AvgIpc) is 2.53. The minimum atomic E-state index is -4.89. The predicted octanol–water partition coefficient (Wildman–Crippen LogP) is 4.35. The molecule has 0 saturated heterocycles. The van der Waals surface area contributed by atoms with E-state index in [9.17, 15) is 31.1 Å². The number of carboxylic acid groups (broad SMARTS) is 1. The quantitative estimate of drug-likeness (QED) is 0.779. The minimum absolute atomic E-state index is 0.104. The zero-order valence-electron chi connectivity index (χ0n) is 13.0. The Labute approximate surface area is 144 Å². The molecule has 0 saturated carbocycles. The van der Waals surface area contributed by atoms with Crippen LogP contribution in [0.4, 0.5) is 26.3 Å². The highest BCUT2D eigenvalue weighted by Crippen LogP contribution is 2.41. The van der Waals surface area contributed by atoms with Gasteiger partial charge in [-0.3, -0.25) is 4.79 Å². The van der Waals surface area contributed by atoms with E-state index in [0.29, 0.717) is 18.2 Å². The summed E-state index contributed by atoms with van der Waals surface area (Å²) in [4.78, 5) is 10.9. The van der Waals surface area contributed by atoms with E-state index in [0.717, 1.165) is 0 Å². The lowest BCUT2D eigenvalue weighted by Crippen LogP contribution is -2.32. The lowest BCUT2D eigenvalue weighted by atomic mass is 9.91. The highest BCUT2D eigenvalue weighted by atomic mass is 19.4. The van der Waals surface area contributed by atoms with Crippen molar-refractivity contribution in [3.63, 3.8) is 0 Å². The Balaban J connectivity index is 2.68. The van der Waals surface area contributed by atoms with Gasteiger partial charge in [-0.1, -0.05) is 24.3 Å². The van der Waals surface area contributed by atoms with Crippen LogP contribution < -0.4 is 5.73 Å². The van der Waals surface area contributed by atoms with Crippen molar-refractivity contribution in [1.29, 1.82) is 0 Å². The van der Waals surface area contributed by atoms with E-state index in [1.807, 2.05) is 0 Å². The Kier molecular flexibility index (Phi) is 5.31. The van der Waals surface area contributed by atoms with Gasteiger partial charge >= 0.3 is 18.3 Å². The van der Waals surface area contributed by atoms with Gasteiger partial charge in [0.15, 0.2) is 0 Å². The first-order valence-electron chi connectivity index (χ1n) is 7.26. The van der Waals surface area contributed by atoms with Gasteiger partial charge in [-0.25, -0.2) is 0 Å². The number of carbonyl (C=O) groups is 1. The van der Waals surface area contributed by atoms with E-state index >= 15 is 0 Å². The number of nitrogens with two attached hydrogens (primary N) is 1. The molecule has 0 fully saturated rings. The highest BCUT2D eigenvalue weighted by molar-refractivity contribution is 5.76. The van der Waals surface area contributed by atoms with E-state index in [2.05, 4.69) is 0 Å².